The van der Waals surface area contributed by atoms with Crippen LogP contribution in [0.25, 0.3) is 0 Å². The number of piperidine rings is 1. The van der Waals surface area contributed by atoms with Crippen LogP contribution in [0.5, 0.6) is 0 Å². The Labute approximate surface area is 176 Å². The van der Waals surface area contributed by atoms with Crippen molar-refractivity contribution in [3.05, 3.63) is 35.9 Å². The fourth-order valence-electron chi connectivity index (χ4n) is 4.18. The molecule has 1 aromatic rings. The zero-order valence-electron chi connectivity index (χ0n) is 16.4. The quantitative estimate of drug-likeness (QED) is 0.404. The number of hydrogen-bond acceptors (Lipinski definition) is 2. The van der Waals surface area contributed by atoms with Crippen LogP contribution in [0.4, 0.5) is 0 Å². The van der Waals surface area contributed by atoms with Crippen molar-refractivity contribution in [1.29, 1.82) is 0 Å². The molecule has 26 heavy (non-hydrogen) atoms. The van der Waals surface area contributed by atoms with Crippen LogP contribution in [0.15, 0.2) is 35.3 Å². The SMILES string of the molecule is CCNC(=NCC1CCCN(CC)C1)N1CCC(c2ccccc2)C1.I. The van der Waals surface area contributed by atoms with E-state index in [0.29, 0.717) is 5.92 Å². The van der Waals surface area contributed by atoms with Crippen molar-refractivity contribution in [1.82, 2.24) is 15.1 Å². The third-order valence-corrected chi connectivity index (χ3v) is 5.64. The molecule has 0 amide bonds. The summed E-state index contributed by atoms with van der Waals surface area (Å²) in [7, 11) is 0. The lowest BCUT2D eigenvalue weighted by Gasteiger charge is -2.31. The molecule has 1 aromatic carbocycles. The van der Waals surface area contributed by atoms with Crippen molar-refractivity contribution in [3.63, 3.8) is 0 Å². The molecule has 2 aliphatic rings. The minimum Gasteiger partial charge on any atom is -0.357 e. The summed E-state index contributed by atoms with van der Waals surface area (Å²) in [5, 5.41) is 3.52. The predicted molar refractivity (Wildman–Crippen MR) is 122 cm³/mol. The summed E-state index contributed by atoms with van der Waals surface area (Å²) < 4.78 is 0. The number of aliphatic imine (C=N–C) groups is 1. The van der Waals surface area contributed by atoms with Crippen LogP contribution in [0, 0.1) is 5.92 Å². The number of likely N-dealkylation sites (tertiary alicyclic amines) is 2. The first-order valence-corrected chi connectivity index (χ1v) is 10.1. The van der Waals surface area contributed by atoms with Gasteiger partial charge in [0.15, 0.2) is 5.96 Å². The summed E-state index contributed by atoms with van der Waals surface area (Å²) in [6.07, 6.45) is 3.87. The number of rotatable bonds is 5. The van der Waals surface area contributed by atoms with Crippen LogP contribution in [-0.2, 0) is 0 Å². The van der Waals surface area contributed by atoms with Gasteiger partial charge in [0.05, 0.1) is 0 Å². The average Bonchev–Trinajstić information content (AvgIpc) is 3.16. The predicted octanol–water partition coefficient (Wildman–Crippen LogP) is 3.79. The Morgan fingerprint density at radius 3 is 2.65 bits per heavy atom. The zero-order chi connectivity index (χ0) is 17.5. The van der Waals surface area contributed by atoms with E-state index in [1.54, 1.807) is 0 Å². The molecule has 3 rings (SSSR count). The van der Waals surface area contributed by atoms with Gasteiger partial charge in [-0.05, 0) is 50.8 Å². The number of nitrogens with zero attached hydrogens (tertiary/aromatic N) is 3. The second-order valence-corrected chi connectivity index (χ2v) is 7.44. The molecule has 2 atom stereocenters. The molecule has 0 radical (unpaired) electrons. The smallest absolute Gasteiger partial charge is 0.193 e. The summed E-state index contributed by atoms with van der Waals surface area (Å²) in [6.45, 7) is 12.2. The highest BCUT2D eigenvalue weighted by molar-refractivity contribution is 14.0. The van der Waals surface area contributed by atoms with Crippen molar-refractivity contribution in [2.45, 2.75) is 39.0 Å². The average molecular weight is 470 g/mol. The van der Waals surface area contributed by atoms with Gasteiger partial charge in [-0.1, -0.05) is 37.3 Å². The van der Waals surface area contributed by atoms with Crippen LogP contribution >= 0.6 is 24.0 Å². The Morgan fingerprint density at radius 1 is 1.12 bits per heavy atom. The summed E-state index contributed by atoms with van der Waals surface area (Å²) in [5.74, 6) is 2.47. The standard InChI is InChI=1S/C21H34N4.HI/c1-3-22-21(23-15-18-9-8-13-24(4-2)16-18)25-14-12-20(17-25)19-10-6-5-7-11-19;/h5-7,10-11,18,20H,3-4,8-9,12-17H2,1-2H3,(H,22,23);1H. The first-order chi connectivity index (χ1) is 12.3. The summed E-state index contributed by atoms with van der Waals surface area (Å²) >= 11 is 0. The first kappa shape index (κ1) is 21.5. The van der Waals surface area contributed by atoms with Crippen molar-refractivity contribution in [2.75, 3.05) is 45.8 Å². The minimum absolute atomic E-state index is 0. The van der Waals surface area contributed by atoms with Gasteiger partial charge in [-0.3, -0.25) is 4.99 Å². The lowest BCUT2D eigenvalue weighted by atomic mass is 9.98. The van der Waals surface area contributed by atoms with Gasteiger partial charge in [-0.2, -0.15) is 0 Å². The lowest BCUT2D eigenvalue weighted by molar-refractivity contribution is 0.186. The summed E-state index contributed by atoms with van der Waals surface area (Å²) in [5.41, 5.74) is 1.46. The van der Waals surface area contributed by atoms with Crippen molar-refractivity contribution in [3.8, 4) is 0 Å². The number of hydrogen-bond donors (Lipinski definition) is 1. The molecule has 2 unspecified atom stereocenters. The molecule has 0 aromatic heterocycles. The fourth-order valence-corrected chi connectivity index (χ4v) is 4.18. The second kappa shape index (κ2) is 11.1. The van der Waals surface area contributed by atoms with Crippen LogP contribution in [0.1, 0.15) is 44.6 Å². The van der Waals surface area contributed by atoms with Gasteiger partial charge in [0, 0.05) is 38.6 Å². The molecule has 4 nitrogen and oxygen atoms in total. The maximum atomic E-state index is 5.02. The van der Waals surface area contributed by atoms with Gasteiger partial charge in [0.25, 0.3) is 0 Å². The number of halogens is 1. The van der Waals surface area contributed by atoms with E-state index in [1.165, 1.54) is 44.5 Å². The van der Waals surface area contributed by atoms with E-state index < -0.39 is 0 Å². The van der Waals surface area contributed by atoms with Gasteiger partial charge in [-0.15, -0.1) is 24.0 Å². The van der Waals surface area contributed by atoms with Crippen LogP contribution in [0.3, 0.4) is 0 Å². The monoisotopic (exact) mass is 470 g/mol. The maximum absolute atomic E-state index is 5.02. The molecular weight excluding hydrogens is 435 g/mol. The Hall–Kier alpha value is -0.820. The Morgan fingerprint density at radius 2 is 1.92 bits per heavy atom. The van der Waals surface area contributed by atoms with Crippen molar-refractivity contribution < 1.29 is 0 Å². The largest absolute Gasteiger partial charge is 0.357 e. The number of guanidine groups is 1. The molecule has 146 valence electrons. The molecule has 0 saturated carbocycles. The number of nitrogens with one attached hydrogen (secondary N) is 1. The molecule has 0 spiro atoms. The maximum Gasteiger partial charge on any atom is 0.193 e. The van der Waals surface area contributed by atoms with E-state index in [9.17, 15) is 0 Å². The van der Waals surface area contributed by atoms with E-state index in [1.807, 2.05) is 0 Å². The molecule has 0 bridgehead atoms. The normalized spacial score (nSPS) is 24.4. The third kappa shape index (κ3) is 5.84. The molecule has 2 aliphatic heterocycles. The fraction of sp³-hybridized carbons (Fsp3) is 0.667. The van der Waals surface area contributed by atoms with Crippen molar-refractivity contribution in [2.24, 2.45) is 10.9 Å². The third-order valence-electron chi connectivity index (χ3n) is 5.64. The van der Waals surface area contributed by atoms with Crippen LogP contribution in [0.2, 0.25) is 0 Å². The van der Waals surface area contributed by atoms with Gasteiger partial charge in [-0.25, -0.2) is 0 Å². The highest BCUT2D eigenvalue weighted by atomic mass is 127. The molecule has 2 saturated heterocycles. The van der Waals surface area contributed by atoms with Gasteiger partial charge >= 0.3 is 0 Å². The summed E-state index contributed by atoms with van der Waals surface area (Å²) in [6, 6.07) is 10.9. The second-order valence-electron chi connectivity index (χ2n) is 7.44. The topological polar surface area (TPSA) is 30.9 Å². The van der Waals surface area contributed by atoms with Crippen molar-refractivity contribution >= 4 is 29.9 Å². The van der Waals surface area contributed by atoms with Gasteiger partial charge in [0.2, 0.25) is 0 Å². The molecular formula is C21H35IN4. The minimum atomic E-state index is 0. The molecule has 0 aliphatic carbocycles. The molecule has 1 N–H and O–H groups in total. The molecule has 2 fully saturated rings. The highest BCUT2D eigenvalue weighted by Gasteiger charge is 2.26. The Kier molecular flexibility index (Phi) is 9.19. The highest BCUT2D eigenvalue weighted by Crippen LogP contribution is 2.27. The Balaban J connectivity index is 0.00000243. The van der Waals surface area contributed by atoms with Crippen LogP contribution in [-0.4, -0.2) is 61.6 Å². The molecule has 5 heteroatoms. The van der Waals surface area contributed by atoms with E-state index in [4.69, 9.17) is 4.99 Å². The zero-order valence-corrected chi connectivity index (χ0v) is 18.7. The van der Waals surface area contributed by atoms with Gasteiger partial charge < -0.3 is 15.1 Å². The summed E-state index contributed by atoms with van der Waals surface area (Å²) in [4.78, 5) is 10.0. The van der Waals surface area contributed by atoms with E-state index in [-0.39, 0.29) is 24.0 Å². The van der Waals surface area contributed by atoms with E-state index in [0.717, 1.165) is 38.1 Å². The van der Waals surface area contributed by atoms with E-state index in [2.05, 4.69) is 59.3 Å². The van der Waals surface area contributed by atoms with E-state index >= 15 is 0 Å². The van der Waals surface area contributed by atoms with Gasteiger partial charge in [0.1, 0.15) is 0 Å². The number of benzene rings is 1. The molecule has 2 heterocycles. The Bertz CT molecular complexity index is 548. The first-order valence-electron chi connectivity index (χ1n) is 10.1. The van der Waals surface area contributed by atoms with Crippen LogP contribution < -0.4 is 5.32 Å². The lowest BCUT2D eigenvalue weighted by Crippen LogP contribution is -2.41.